The first kappa shape index (κ1) is 9.86. The Hall–Kier alpha value is -1.68. The van der Waals surface area contributed by atoms with Crippen LogP contribution >= 0.6 is 0 Å². The number of hydrogen-bond acceptors (Lipinski definition) is 3. The van der Waals surface area contributed by atoms with Gasteiger partial charge in [0, 0.05) is 12.0 Å². The predicted octanol–water partition coefficient (Wildman–Crippen LogP) is 1.91. The molecule has 4 heteroatoms. The Kier molecular flexibility index (Phi) is 2.78. The Labute approximate surface area is 87.2 Å². The van der Waals surface area contributed by atoms with Gasteiger partial charge in [-0.3, -0.25) is 9.89 Å². The maximum absolute atomic E-state index is 10.6. The van der Waals surface area contributed by atoms with Crippen LogP contribution in [0, 0.1) is 0 Å². The molecule has 1 aromatic heterocycles. The minimum absolute atomic E-state index is 0.521. The number of carbonyl (C=O) groups excluding carboxylic acids is 1. The van der Waals surface area contributed by atoms with E-state index in [0.717, 1.165) is 22.8 Å². The van der Waals surface area contributed by atoms with Crippen LogP contribution in [-0.4, -0.2) is 23.1 Å². The molecule has 2 aromatic rings. The lowest BCUT2D eigenvalue weighted by atomic mass is 10.1. The smallest absolute Gasteiger partial charge is 0.168 e. The fourth-order valence-electron chi connectivity index (χ4n) is 1.48. The van der Waals surface area contributed by atoms with Crippen molar-refractivity contribution < 1.29 is 9.53 Å². The number of carbonyl (C=O) groups is 1. The lowest BCUT2D eigenvalue weighted by molar-refractivity contribution is 0.112. The third-order valence-electron chi connectivity index (χ3n) is 2.24. The molecule has 0 aliphatic heterocycles. The molecule has 0 aliphatic rings. The molecule has 0 saturated carbocycles. The zero-order valence-corrected chi connectivity index (χ0v) is 8.49. The first-order valence-corrected chi connectivity index (χ1v) is 4.85. The Morgan fingerprint density at radius 3 is 3.13 bits per heavy atom. The molecular formula is C11H12N2O2. The molecule has 0 atom stereocenters. The van der Waals surface area contributed by atoms with Crippen LogP contribution in [-0.2, 0) is 11.3 Å². The summed E-state index contributed by atoms with van der Waals surface area (Å²) in [7, 11) is 0. The van der Waals surface area contributed by atoms with Crippen LogP contribution in [0.1, 0.15) is 23.0 Å². The van der Waals surface area contributed by atoms with Crippen molar-refractivity contribution in [2.45, 2.75) is 13.5 Å². The minimum Gasteiger partial charge on any atom is -0.377 e. The summed E-state index contributed by atoms with van der Waals surface area (Å²) in [5.74, 6) is 0. The predicted molar refractivity (Wildman–Crippen MR) is 56.8 cm³/mol. The van der Waals surface area contributed by atoms with Crippen LogP contribution in [0.2, 0.25) is 0 Å². The first-order valence-electron chi connectivity index (χ1n) is 4.85. The van der Waals surface area contributed by atoms with Crippen molar-refractivity contribution in [1.82, 2.24) is 10.2 Å². The van der Waals surface area contributed by atoms with E-state index >= 15 is 0 Å². The normalized spacial score (nSPS) is 10.7. The van der Waals surface area contributed by atoms with Crippen molar-refractivity contribution in [3.63, 3.8) is 0 Å². The second kappa shape index (κ2) is 4.23. The maximum atomic E-state index is 10.6. The van der Waals surface area contributed by atoms with Gasteiger partial charge < -0.3 is 4.74 Å². The topological polar surface area (TPSA) is 55.0 Å². The molecule has 1 aromatic carbocycles. The molecule has 0 saturated heterocycles. The molecule has 0 fully saturated rings. The highest BCUT2D eigenvalue weighted by Gasteiger charge is 2.04. The number of aromatic amines is 1. The number of aromatic nitrogens is 2. The Balaban J connectivity index is 2.35. The Bertz CT molecular complexity index is 476. The number of ether oxygens (including phenoxy) is 1. The van der Waals surface area contributed by atoms with Gasteiger partial charge in [0.05, 0.1) is 12.1 Å². The number of fused-ring (bicyclic) bond motifs is 1. The Morgan fingerprint density at radius 1 is 1.53 bits per heavy atom. The molecule has 0 radical (unpaired) electrons. The minimum atomic E-state index is 0.521. The monoisotopic (exact) mass is 204 g/mol. The molecule has 78 valence electrons. The van der Waals surface area contributed by atoms with E-state index < -0.39 is 0 Å². The van der Waals surface area contributed by atoms with E-state index in [1.165, 1.54) is 0 Å². The van der Waals surface area contributed by atoms with Crippen LogP contribution in [0.4, 0.5) is 0 Å². The lowest BCUT2D eigenvalue weighted by Crippen LogP contribution is -1.91. The number of hydrogen-bond donors (Lipinski definition) is 1. The number of nitrogens with one attached hydrogen (secondary N) is 1. The molecule has 1 N–H and O–H groups in total. The summed E-state index contributed by atoms with van der Waals surface area (Å²) in [6.07, 6.45) is 0.775. The summed E-state index contributed by atoms with van der Waals surface area (Å²) in [6, 6.07) is 5.76. The van der Waals surface area contributed by atoms with Gasteiger partial charge in [-0.1, -0.05) is 12.1 Å². The summed E-state index contributed by atoms with van der Waals surface area (Å²) in [6.45, 7) is 3.23. The third-order valence-corrected chi connectivity index (χ3v) is 2.24. The zero-order valence-electron chi connectivity index (χ0n) is 8.49. The van der Waals surface area contributed by atoms with E-state index in [1.54, 1.807) is 0 Å². The second-order valence-corrected chi connectivity index (χ2v) is 3.24. The SMILES string of the molecule is CCOCc1ccc2c(C=O)[nH]nc2c1. The van der Waals surface area contributed by atoms with Crippen molar-refractivity contribution in [3.8, 4) is 0 Å². The molecule has 0 unspecified atom stereocenters. The molecule has 1 heterocycles. The lowest BCUT2D eigenvalue weighted by Gasteiger charge is -2.00. The Morgan fingerprint density at radius 2 is 2.40 bits per heavy atom. The van der Waals surface area contributed by atoms with Gasteiger partial charge in [0.2, 0.25) is 0 Å². The standard InChI is InChI=1S/C11H12N2O2/c1-2-15-7-8-3-4-9-10(5-8)12-13-11(9)6-14/h3-6H,2,7H2,1H3,(H,12,13). The van der Waals surface area contributed by atoms with Gasteiger partial charge in [0.1, 0.15) is 5.69 Å². The molecular weight excluding hydrogens is 192 g/mol. The molecule has 15 heavy (non-hydrogen) atoms. The van der Waals surface area contributed by atoms with Crippen molar-refractivity contribution >= 4 is 17.2 Å². The molecule has 0 spiro atoms. The fourth-order valence-corrected chi connectivity index (χ4v) is 1.48. The average molecular weight is 204 g/mol. The highest BCUT2D eigenvalue weighted by molar-refractivity contribution is 5.94. The van der Waals surface area contributed by atoms with E-state index in [4.69, 9.17) is 4.74 Å². The van der Waals surface area contributed by atoms with E-state index in [0.29, 0.717) is 18.9 Å². The first-order chi connectivity index (χ1) is 7.35. The number of benzene rings is 1. The van der Waals surface area contributed by atoms with Gasteiger partial charge in [0.15, 0.2) is 6.29 Å². The zero-order chi connectivity index (χ0) is 10.7. The van der Waals surface area contributed by atoms with Crippen LogP contribution in [0.25, 0.3) is 10.9 Å². The fraction of sp³-hybridized carbons (Fsp3) is 0.273. The number of aldehydes is 1. The van der Waals surface area contributed by atoms with Gasteiger partial charge in [-0.25, -0.2) is 0 Å². The molecule has 0 bridgehead atoms. The molecule has 0 amide bonds. The van der Waals surface area contributed by atoms with Gasteiger partial charge in [-0.15, -0.1) is 0 Å². The van der Waals surface area contributed by atoms with E-state index in [2.05, 4.69) is 10.2 Å². The van der Waals surface area contributed by atoms with Crippen LogP contribution in [0.15, 0.2) is 18.2 Å². The number of rotatable bonds is 4. The average Bonchev–Trinajstić information content (AvgIpc) is 2.68. The van der Waals surface area contributed by atoms with Crippen molar-refractivity contribution in [2.75, 3.05) is 6.61 Å². The maximum Gasteiger partial charge on any atom is 0.168 e. The van der Waals surface area contributed by atoms with E-state index in [9.17, 15) is 4.79 Å². The van der Waals surface area contributed by atoms with E-state index in [-0.39, 0.29) is 0 Å². The molecule has 2 rings (SSSR count). The molecule has 4 nitrogen and oxygen atoms in total. The van der Waals surface area contributed by atoms with Crippen LogP contribution in [0.3, 0.4) is 0 Å². The van der Waals surface area contributed by atoms with Gasteiger partial charge >= 0.3 is 0 Å². The third kappa shape index (κ3) is 1.89. The second-order valence-electron chi connectivity index (χ2n) is 3.24. The number of nitrogens with zero attached hydrogens (tertiary/aromatic N) is 1. The largest absolute Gasteiger partial charge is 0.377 e. The van der Waals surface area contributed by atoms with E-state index in [1.807, 2.05) is 25.1 Å². The summed E-state index contributed by atoms with van der Waals surface area (Å²) in [5.41, 5.74) is 2.38. The summed E-state index contributed by atoms with van der Waals surface area (Å²) >= 11 is 0. The summed E-state index contributed by atoms with van der Waals surface area (Å²) in [5, 5.41) is 7.59. The van der Waals surface area contributed by atoms with Crippen LogP contribution < -0.4 is 0 Å². The summed E-state index contributed by atoms with van der Waals surface area (Å²) in [4.78, 5) is 10.6. The molecule has 0 aliphatic carbocycles. The highest BCUT2D eigenvalue weighted by Crippen LogP contribution is 2.16. The van der Waals surface area contributed by atoms with Crippen molar-refractivity contribution in [1.29, 1.82) is 0 Å². The van der Waals surface area contributed by atoms with Crippen molar-refractivity contribution in [2.24, 2.45) is 0 Å². The van der Waals surface area contributed by atoms with Gasteiger partial charge in [0.25, 0.3) is 0 Å². The van der Waals surface area contributed by atoms with Crippen LogP contribution in [0.5, 0.6) is 0 Å². The van der Waals surface area contributed by atoms with Gasteiger partial charge in [-0.05, 0) is 18.6 Å². The quantitative estimate of drug-likeness (QED) is 0.774. The summed E-state index contributed by atoms with van der Waals surface area (Å²) < 4.78 is 5.29. The van der Waals surface area contributed by atoms with Crippen molar-refractivity contribution in [3.05, 3.63) is 29.5 Å². The number of H-pyrrole nitrogens is 1. The van der Waals surface area contributed by atoms with Gasteiger partial charge in [-0.2, -0.15) is 5.10 Å². The highest BCUT2D eigenvalue weighted by atomic mass is 16.5.